The number of halogens is 2. The summed E-state index contributed by atoms with van der Waals surface area (Å²) in [5.41, 5.74) is -0.136. The fourth-order valence-corrected chi connectivity index (χ4v) is 1.26. The molecule has 6 heteroatoms. The number of nitriles is 1. The van der Waals surface area contributed by atoms with Gasteiger partial charge < -0.3 is 10.1 Å². The molecule has 0 aromatic heterocycles. The molecule has 0 spiro atoms. The van der Waals surface area contributed by atoms with Gasteiger partial charge in [0.15, 0.2) is 5.57 Å². The third kappa shape index (κ3) is 3.75. The molecule has 1 aromatic rings. The third-order valence-electron chi connectivity index (χ3n) is 1.92. The Morgan fingerprint density at radius 2 is 2.39 bits per heavy atom. The lowest BCUT2D eigenvalue weighted by Crippen LogP contribution is -2.08. The second-order valence-corrected chi connectivity index (χ2v) is 3.60. The van der Waals surface area contributed by atoms with Gasteiger partial charge in [-0.05, 0) is 25.1 Å². The fourth-order valence-electron chi connectivity index (χ4n) is 1.10. The van der Waals surface area contributed by atoms with E-state index in [9.17, 15) is 9.18 Å². The molecule has 0 saturated carbocycles. The van der Waals surface area contributed by atoms with Gasteiger partial charge >= 0.3 is 5.97 Å². The van der Waals surface area contributed by atoms with Crippen molar-refractivity contribution < 1.29 is 13.9 Å². The average Bonchev–Trinajstić information content (AvgIpc) is 2.32. The van der Waals surface area contributed by atoms with Gasteiger partial charge in [-0.15, -0.1) is 0 Å². The molecule has 0 radical (unpaired) electrons. The standard InChI is InChI=1S/C12H10ClFN2O2/c1-2-18-12(17)8(6-15)7-16-11-4-3-9(13)5-10(11)14/h3-5,7,16H,2H2,1H3/b8-7+. The number of benzene rings is 1. The summed E-state index contributed by atoms with van der Waals surface area (Å²) in [5.74, 6) is -1.35. The molecule has 0 saturated heterocycles. The third-order valence-corrected chi connectivity index (χ3v) is 2.15. The first kappa shape index (κ1) is 14.0. The highest BCUT2D eigenvalue weighted by Gasteiger charge is 2.09. The summed E-state index contributed by atoms with van der Waals surface area (Å²) < 4.78 is 18.0. The normalized spacial score (nSPS) is 10.7. The van der Waals surface area contributed by atoms with Gasteiger partial charge in [-0.3, -0.25) is 0 Å². The first-order chi connectivity index (χ1) is 8.58. The number of hydrogen-bond donors (Lipinski definition) is 1. The average molecular weight is 269 g/mol. The van der Waals surface area contributed by atoms with Crippen LogP contribution in [0.15, 0.2) is 30.0 Å². The minimum atomic E-state index is -0.762. The molecule has 0 aliphatic heterocycles. The maximum Gasteiger partial charge on any atom is 0.350 e. The lowest BCUT2D eigenvalue weighted by molar-refractivity contribution is -0.138. The van der Waals surface area contributed by atoms with Crippen LogP contribution in [0.3, 0.4) is 0 Å². The van der Waals surface area contributed by atoms with Gasteiger partial charge in [-0.1, -0.05) is 11.6 Å². The van der Waals surface area contributed by atoms with Crippen LogP contribution in [0, 0.1) is 17.1 Å². The Labute approximate surface area is 109 Å². The number of anilines is 1. The molecule has 0 fully saturated rings. The lowest BCUT2D eigenvalue weighted by atomic mass is 10.3. The summed E-state index contributed by atoms with van der Waals surface area (Å²) in [6.07, 6.45) is 1.09. The van der Waals surface area contributed by atoms with E-state index in [0.717, 1.165) is 12.3 Å². The zero-order valence-corrected chi connectivity index (χ0v) is 10.3. The Hall–Kier alpha value is -2.06. The molecular formula is C12H10ClFN2O2. The molecule has 0 bridgehead atoms. The monoisotopic (exact) mass is 268 g/mol. The Morgan fingerprint density at radius 1 is 1.67 bits per heavy atom. The van der Waals surface area contributed by atoms with Crippen LogP contribution < -0.4 is 5.32 Å². The van der Waals surface area contributed by atoms with Gasteiger partial charge in [0.1, 0.15) is 11.9 Å². The summed E-state index contributed by atoms with van der Waals surface area (Å²) >= 11 is 5.59. The van der Waals surface area contributed by atoms with Gasteiger partial charge in [-0.25, -0.2) is 9.18 Å². The van der Waals surface area contributed by atoms with E-state index < -0.39 is 11.8 Å². The van der Waals surface area contributed by atoms with Crippen molar-refractivity contribution in [2.24, 2.45) is 0 Å². The number of nitrogens with one attached hydrogen (secondary N) is 1. The predicted octanol–water partition coefficient (Wildman–Crippen LogP) is 2.86. The van der Waals surface area contributed by atoms with Crippen molar-refractivity contribution in [3.63, 3.8) is 0 Å². The van der Waals surface area contributed by atoms with Gasteiger partial charge in [0.25, 0.3) is 0 Å². The van der Waals surface area contributed by atoms with E-state index in [-0.39, 0.29) is 22.9 Å². The highest BCUT2D eigenvalue weighted by molar-refractivity contribution is 6.30. The summed E-state index contributed by atoms with van der Waals surface area (Å²) in [6, 6.07) is 5.66. The molecule has 0 aliphatic carbocycles. The molecule has 0 aliphatic rings. The zero-order valence-electron chi connectivity index (χ0n) is 9.54. The quantitative estimate of drug-likeness (QED) is 0.518. The fraction of sp³-hybridized carbons (Fsp3) is 0.167. The van der Waals surface area contributed by atoms with Gasteiger partial charge in [0.2, 0.25) is 0 Å². The molecule has 1 N–H and O–H groups in total. The van der Waals surface area contributed by atoms with Crippen molar-refractivity contribution >= 4 is 23.3 Å². The van der Waals surface area contributed by atoms with Crippen LogP contribution in [0.2, 0.25) is 5.02 Å². The van der Waals surface area contributed by atoms with Crippen molar-refractivity contribution in [1.82, 2.24) is 0 Å². The van der Waals surface area contributed by atoms with E-state index in [0.29, 0.717) is 0 Å². The minimum absolute atomic E-state index is 0.108. The Balaban J connectivity index is 2.84. The van der Waals surface area contributed by atoms with E-state index in [1.807, 2.05) is 0 Å². The molecule has 0 unspecified atom stereocenters. The van der Waals surface area contributed by atoms with Crippen molar-refractivity contribution in [3.8, 4) is 6.07 Å². The topological polar surface area (TPSA) is 62.1 Å². The molecule has 0 atom stereocenters. The number of ether oxygens (including phenoxy) is 1. The van der Waals surface area contributed by atoms with Crippen LogP contribution in [-0.4, -0.2) is 12.6 Å². The summed E-state index contributed by atoms with van der Waals surface area (Å²) in [5, 5.41) is 11.5. The molecule has 94 valence electrons. The van der Waals surface area contributed by atoms with Crippen LogP contribution in [0.4, 0.5) is 10.1 Å². The van der Waals surface area contributed by atoms with Crippen LogP contribution in [0.25, 0.3) is 0 Å². The molecule has 0 heterocycles. The second-order valence-electron chi connectivity index (χ2n) is 3.16. The van der Waals surface area contributed by atoms with Crippen molar-refractivity contribution in [2.75, 3.05) is 11.9 Å². The van der Waals surface area contributed by atoms with Gasteiger partial charge in [0.05, 0.1) is 12.3 Å². The maximum atomic E-state index is 13.4. The SMILES string of the molecule is CCOC(=O)/C(C#N)=C/Nc1ccc(Cl)cc1F. The maximum absolute atomic E-state index is 13.4. The highest BCUT2D eigenvalue weighted by atomic mass is 35.5. The van der Waals surface area contributed by atoms with Crippen molar-refractivity contribution in [1.29, 1.82) is 5.26 Å². The molecule has 18 heavy (non-hydrogen) atoms. The van der Waals surface area contributed by atoms with Crippen LogP contribution in [0.5, 0.6) is 0 Å². The lowest BCUT2D eigenvalue weighted by Gasteiger charge is -2.04. The largest absolute Gasteiger partial charge is 0.462 e. The number of hydrogen-bond acceptors (Lipinski definition) is 4. The van der Waals surface area contributed by atoms with Crippen molar-refractivity contribution in [2.45, 2.75) is 6.92 Å². The Morgan fingerprint density at radius 3 is 2.94 bits per heavy atom. The van der Waals surface area contributed by atoms with Crippen LogP contribution in [0.1, 0.15) is 6.92 Å². The number of rotatable bonds is 4. The smallest absolute Gasteiger partial charge is 0.350 e. The van der Waals surface area contributed by atoms with Crippen LogP contribution in [-0.2, 0) is 9.53 Å². The first-order valence-electron chi connectivity index (χ1n) is 5.07. The highest BCUT2D eigenvalue weighted by Crippen LogP contribution is 2.19. The summed E-state index contributed by atoms with van der Waals surface area (Å²) in [7, 11) is 0. The van der Waals surface area contributed by atoms with E-state index in [1.54, 1.807) is 13.0 Å². The Bertz CT molecular complexity index is 523. The Kier molecular flexibility index (Phi) is 5.15. The molecular weight excluding hydrogens is 259 g/mol. The number of carbonyl (C=O) groups is 1. The number of nitrogens with zero attached hydrogens (tertiary/aromatic N) is 1. The van der Waals surface area contributed by atoms with E-state index >= 15 is 0 Å². The number of esters is 1. The van der Waals surface area contributed by atoms with Crippen molar-refractivity contribution in [3.05, 3.63) is 40.8 Å². The molecule has 4 nitrogen and oxygen atoms in total. The molecule has 1 aromatic carbocycles. The summed E-state index contributed by atoms with van der Waals surface area (Å²) in [4.78, 5) is 11.3. The second kappa shape index (κ2) is 6.62. The van der Waals surface area contributed by atoms with Gasteiger partial charge in [-0.2, -0.15) is 5.26 Å². The predicted molar refractivity (Wildman–Crippen MR) is 65.4 cm³/mol. The zero-order chi connectivity index (χ0) is 13.5. The van der Waals surface area contributed by atoms with Gasteiger partial charge in [0, 0.05) is 11.2 Å². The molecule has 0 amide bonds. The number of carbonyl (C=O) groups excluding carboxylic acids is 1. The first-order valence-corrected chi connectivity index (χ1v) is 5.45. The minimum Gasteiger partial charge on any atom is -0.462 e. The van der Waals surface area contributed by atoms with Crippen LogP contribution >= 0.6 is 11.6 Å². The summed E-state index contributed by atoms with van der Waals surface area (Å²) in [6.45, 7) is 1.78. The van der Waals surface area contributed by atoms with E-state index in [4.69, 9.17) is 16.9 Å². The van der Waals surface area contributed by atoms with E-state index in [2.05, 4.69) is 10.1 Å². The van der Waals surface area contributed by atoms with E-state index in [1.165, 1.54) is 12.1 Å². The molecule has 1 rings (SSSR count).